The normalized spacial score (nSPS) is 19.4. The molecule has 2 saturated carbocycles. The van der Waals surface area contributed by atoms with E-state index in [1.807, 2.05) is 20.9 Å². The molecule has 1 saturated heterocycles. The van der Waals surface area contributed by atoms with E-state index in [-0.39, 0.29) is 23.4 Å². The number of aromatic nitrogens is 2. The fourth-order valence-corrected chi connectivity index (χ4v) is 6.87. The first-order chi connectivity index (χ1) is 23.1. The third-order valence-corrected chi connectivity index (χ3v) is 10.1. The highest BCUT2D eigenvalue weighted by Gasteiger charge is 2.48. The number of amides is 4. The van der Waals surface area contributed by atoms with Crippen LogP contribution in [0.2, 0.25) is 0 Å². The highest BCUT2D eigenvalue weighted by atomic mass is 19.1. The van der Waals surface area contributed by atoms with E-state index in [4.69, 9.17) is 4.74 Å². The highest BCUT2D eigenvalue weighted by molar-refractivity contribution is 6.01. The number of piperazine rings is 1. The Hall–Kier alpha value is -3.84. The van der Waals surface area contributed by atoms with Crippen molar-refractivity contribution >= 4 is 29.3 Å². The van der Waals surface area contributed by atoms with Gasteiger partial charge >= 0.3 is 0 Å². The summed E-state index contributed by atoms with van der Waals surface area (Å²) in [6, 6.07) is 4.30. The molecule has 0 spiro atoms. The third kappa shape index (κ3) is 8.23. The number of carbonyl (C=O) groups excluding carboxylic acids is 4. The zero-order valence-corrected chi connectivity index (χ0v) is 28.7. The Morgan fingerprint density at radius 1 is 0.958 bits per heavy atom. The minimum absolute atomic E-state index is 0.0180. The van der Waals surface area contributed by atoms with E-state index in [1.54, 1.807) is 34.8 Å². The second kappa shape index (κ2) is 15.6. The first-order valence-corrected chi connectivity index (χ1v) is 17.3. The third-order valence-electron chi connectivity index (χ3n) is 10.1. The zero-order chi connectivity index (χ0) is 34.5. The molecule has 4 amide bonds. The van der Waals surface area contributed by atoms with E-state index >= 15 is 4.39 Å². The van der Waals surface area contributed by atoms with Crippen LogP contribution < -0.4 is 16.0 Å². The smallest absolute Gasteiger partial charge is 0.270 e. The zero-order valence-electron chi connectivity index (χ0n) is 28.7. The van der Waals surface area contributed by atoms with Gasteiger partial charge in [0.1, 0.15) is 29.7 Å². The van der Waals surface area contributed by atoms with Gasteiger partial charge in [-0.2, -0.15) is 5.10 Å². The van der Waals surface area contributed by atoms with Gasteiger partial charge in [0, 0.05) is 51.9 Å². The summed E-state index contributed by atoms with van der Waals surface area (Å²) in [5.41, 5.74) is 0.847. The van der Waals surface area contributed by atoms with Gasteiger partial charge in [-0.1, -0.05) is 19.9 Å². The van der Waals surface area contributed by atoms with E-state index < -0.39 is 41.7 Å². The van der Waals surface area contributed by atoms with Crippen LogP contribution in [-0.2, 0) is 25.7 Å². The molecule has 1 aliphatic heterocycles. The monoisotopic (exact) mass is 667 g/mol. The standard InChI is InChI=1S/C35H50FN7O5/c1-6-28(48-5)33(45)39-30(35(47)42-18-16-41(4)17-19-42)21(3)24-12-13-26(25(36)20-24)38-34(46)31(29(22-8-9-22)23-10-11-23)40-32(44)27-14-15-37-43(27)7-2/h12-15,20-23,28-31H,6-11,16-19H2,1-5H3,(H,38,46)(H,39,45)(H,40,44)/t21-,28-,30+,31-/m0/s1. The average Bonchev–Trinajstić information content (AvgIpc) is 4.03. The van der Waals surface area contributed by atoms with Crippen molar-refractivity contribution < 1.29 is 28.3 Å². The molecule has 4 atom stereocenters. The molecule has 3 aliphatic rings. The van der Waals surface area contributed by atoms with Crippen LogP contribution in [-0.4, -0.2) is 102 Å². The van der Waals surface area contributed by atoms with Crippen LogP contribution in [0.4, 0.5) is 10.1 Å². The molecular formula is C35H50FN7O5. The molecule has 13 heteroatoms. The number of halogens is 1. The van der Waals surface area contributed by atoms with Crippen molar-refractivity contribution in [3.05, 3.63) is 47.5 Å². The minimum atomic E-state index is -0.945. The number of carbonyl (C=O) groups is 4. The Kier molecular flexibility index (Phi) is 11.5. The van der Waals surface area contributed by atoms with Crippen molar-refractivity contribution in [1.29, 1.82) is 0 Å². The summed E-state index contributed by atoms with van der Waals surface area (Å²) in [4.78, 5) is 57.9. The first-order valence-electron chi connectivity index (χ1n) is 17.3. The second-order valence-corrected chi connectivity index (χ2v) is 13.5. The number of hydrogen-bond donors (Lipinski definition) is 3. The van der Waals surface area contributed by atoms with Crippen LogP contribution in [0.3, 0.4) is 0 Å². The lowest BCUT2D eigenvalue weighted by Crippen LogP contribution is -2.57. The molecule has 0 unspecified atom stereocenters. The van der Waals surface area contributed by atoms with E-state index in [2.05, 4.69) is 25.9 Å². The molecular weight excluding hydrogens is 617 g/mol. The topological polar surface area (TPSA) is 138 Å². The second-order valence-electron chi connectivity index (χ2n) is 13.5. The summed E-state index contributed by atoms with van der Waals surface area (Å²) in [5, 5.41) is 12.8. The molecule has 3 N–H and O–H groups in total. The number of hydrogen-bond acceptors (Lipinski definition) is 7. The van der Waals surface area contributed by atoms with Gasteiger partial charge in [0.05, 0.1) is 5.69 Å². The fraction of sp³-hybridized carbons (Fsp3) is 0.629. The van der Waals surface area contributed by atoms with Crippen molar-refractivity contribution in [3.8, 4) is 0 Å². The van der Waals surface area contributed by atoms with Crippen molar-refractivity contribution in [2.75, 3.05) is 45.7 Å². The van der Waals surface area contributed by atoms with Crippen LogP contribution >= 0.6 is 0 Å². The molecule has 1 aromatic carbocycles. The van der Waals surface area contributed by atoms with Crippen molar-refractivity contribution in [3.63, 3.8) is 0 Å². The maximum Gasteiger partial charge on any atom is 0.270 e. The predicted octanol–water partition coefficient (Wildman–Crippen LogP) is 3.00. The number of ether oxygens (including phenoxy) is 1. The summed E-state index contributed by atoms with van der Waals surface area (Å²) >= 11 is 0. The molecule has 2 aliphatic carbocycles. The average molecular weight is 668 g/mol. The molecule has 1 aromatic heterocycles. The van der Waals surface area contributed by atoms with E-state index in [0.717, 1.165) is 25.7 Å². The van der Waals surface area contributed by atoms with Crippen LogP contribution in [0.5, 0.6) is 0 Å². The number of rotatable bonds is 15. The first kappa shape index (κ1) is 35.5. The minimum Gasteiger partial charge on any atom is -0.372 e. The highest BCUT2D eigenvalue weighted by Crippen LogP contribution is 2.51. The summed E-state index contributed by atoms with van der Waals surface area (Å²) in [6.45, 7) is 8.48. The van der Waals surface area contributed by atoms with Gasteiger partial charge in [0.25, 0.3) is 5.91 Å². The lowest BCUT2D eigenvalue weighted by atomic mass is 9.88. The maximum atomic E-state index is 15.8. The van der Waals surface area contributed by atoms with Gasteiger partial charge < -0.3 is 30.5 Å². The van der Waals surface area contributed by atoms with E-state index in [9.17, 15) is 19.2 Å². The Balaban J connectivity index is 1.35. The molecule has 2 aromatic rings. The summed E-state index contributed by atoms with van der Waals surface area (Å²) in [7, 11) is 3.44. The van der Waals surface area contributed by atoms with Crippen molar-refractivity contribution in [2.24, 2.45) is 17.8 Å². The molecule has 0 radical (unpaired) electrons. The number of anilines is 1. The number of likely N-dealkylation sites (N-methyl/N-ethyl adjacent to an activating group) is 1. The van der Waals surface area contributed by atoms with E-state index in [0.29, 0.717) is 62.2 Å². The molecule has 0 bridgehead atoms. The molecule has 12 nitrogen and oxygen atoms in total. The fourth-order valence-electron chi connectivity index (χ4n) is 6.87. The number of nitrogens with zero attached hydrogens (tertiary/aromatic N) is 4. The van der Waals surface area contributed by atoms with Gasteiger partial charge in [-0.25, -0.2) is 4.39 Å². The van der Waals surface area contributed by atoms with Gasteiger partial charge in [-0.3, -0.25) is 23.9 Å². The maximum absolute atomic E-state index is 15.8. The summed E-state index contributed by atoms with van der Waals surface area (Å²) < 4.78 is 22.7. The number of benzene rings is 1. The van der Waals surface area contributed by atoms with Gasteiger partial charge in [-0.15, -0.1) is 0 Å². The number of nitrogens with one attached hydrogen (secondary N) is 3. The molecule has 2 heterocycles. The summed E-state index contributed by atoms with van der Waals surface area (Å²) in [5.74, 6) is -2.09. The van der Waals surface area contributed by atoms with Crippen molar-refractivity contribution in [1.82, 2.24) is 30.2 Å². The van der Waals surface area contributed by atoms with Crippen LogP contribution in [0.15, 0.2) is 30.5 Å². The van der Waals surface area contributed by atoms with Crippen LogP contribution in [0, 0.1) is 23.6 Å². The van der Waals surface area contributed by atoms with E-state index in [1.165, 1.54) is 19.2 Å². The Bertz CT molecular complexity index is 1450. The van der Waals surface area contributed by atoms with Crippen LogP contribution in [0.25, 0.3) is 0 Å². The van der Waals surface area contributed by atoms with Gasteiger partial charge in [0.15, 0.2) is 0 Å². The molecule has 262 valence electrons. The quantitative estimate of drug-likeness (QED) is 0.266. The Labute approximate surface area is 282 Å². The Morgan fingerprint density at radius 2 is 1.62 bits per heavy atom. The van der Waals surface area contributed by atoms with Crippen molar-refractivity contribution in [2.45, 2.75) is 83.5 Å². The molecule has 5 rings (SSSR count). The largest absolute Gasteiger partial charge is 0.372 e. The van der Waals surface area contributed by atoms with Crippen LogP contribution in [0.1, 0.15) is 74.8 Å². The lowest BCUT2D eigenvalue weighted by molar-refractivity contribution is -0.141. The summed E-state index contributed by atoms with van der Waals surface area (Å²) in [6.07, 6.45) is 5.27. The Morgan fingerprint density at radius 3 is 2.19 bits per heavy atom. The SMILES string of the molecule is CC[C@H](OC)C(=O)N[C@@H](C(=O)N1CCN(C)CC1)[C@@H](C)c1ccc(NC(=O)[C@@H](NC(=O)c2ccnn2CC)C(C2CC2)C2CC2)c(F)c1. The number of aryl methyl sites for hydroxylation is 1. The van der Waals surface area contributed by atoms with Gasteiger partial charge in [0.2, 0.25) is 17.7 Å². The van der Waals surface area contributed by atoms with Gasteiger partial charge in [-0.05, 0) is 87.6 Å². The number of methoxy groups -OCH3 is 1. The molecule has 3 fully saturated rings. The molecule has 48 heavy (non-hydrogen) atoms. The predicted molar refractivity (Wildman–Crippen MR) is 179 cm³/mol. The lowest BCUT2D eigenvalue weighted by Gasteiger charge is -2.36.